The first kappa shape index (κ1) is 18.1. The van der Waals surface area contributed by atoms with Crippen molar-refractivity contribution in [3.8, 4) is 23.2 Å². The van der Waals surface area contributed by atoms with E-state index in [1.54, 1.807) is 24.0 Å². The molecule has 6 heteroatoms. The maximum absolute atomic E-state index is 14.5. The number of aromatic nitrogens is 1. The number of ether oxygens (including phenoxy) is 1. The molecule has 0 spiro atoms. The van der Waals surface area contributed by atoms with Crippen LogP contribution in [0.3, 0.4) is 0 Å². The molecule has 0 radical (unpaired) electrons. The van der Waals surface area contributed by atoms with Gasteiger partial charge in [-0.15, -0.1) is 0 Å². The van der Waals surface area contributed by atoms with Crippen molar-refractivity contribution in [2.45, 2.75) is 31.1 Å². The van der Waals surface area contributed by atoms with Gasteiger partial charge in [0.15, 0.2) is 6.19 Å². The zero-order valence-electron chi connectivity index (χ0n) is 15.3. The van der Waals surface area contributed by atoms with E-state index in [2.05, 4.69) is 11.2 Å². The number of nitriles is 1. The maximum Gasteiger partial charge on any atom is 0.179 e. The van der Waals surface area contributed by atoms with Crippen LogP contribution in [0.1, 0.15) is 24.0 Å². The van der Waals surface area contributed by atoms with Crippen molar-refractivity contribution in [1.29, 1.82) is 5.26 Å². The highest BCUT2D eigenvalue weighted by atomic mass is 32.2. The summed E-state index contributed by atoms with van der Waals surface area (Å²) in [6.07, 6.45) is 8.85. The highest BCUT2D eigenvalue weighted by molar-refractivity contribution is 7.97. The Morgan fingerprint density at radius 2 is 2.15 bits per heavy atom. The van der Waals surface area contributed by atoms with E-state index in [-0.39, 0.29) is 11.9 Å². The lowest BCUT2D eigenvalue weighted by Crippen LogP contribution is -2.36. The Morgan fingerprint density at radius 3 is 2.85 bits per heavy atom. The van der Waals surface area contributed by atoms with Crippen LogP contribution in [0.25, 0.3) is 11.3 Å². The quantitative estimate of drug-likeness (QED) is 0.739. The van der Waals surface area contributed by atoms with Gasteiger partial charge in [-0.2, -0.15) is 17.0 Å². The van der Waals surface area contributed by atoms with E-state index >= 15 is 0 Å². The summed E-state index contributed by atoms with van der Waals surface area (Å²) in [6.45, 7) is 1.60. The average Bonchev–Trinajstić information content (AvgIpc) is 3.12. The predicted molar refractivity (Wildman–Crippen MR) is 105 cm³/mol. The number of pyridine rings is 1. The van der Waals surface area contributed by atoms with Crippen LogP contribution in [0.15, 0.2) is 30.5 Å². The van der Waals surface area contributed by atoms with Crippen LogP contribution in [-0.2, 0) is 12.2 Å². The summed E-state index contributed by atoms with van der Waals surface area (Å²) >= 11 is 1.68. The number of hydrogen-bond acceptors (Lipinski definition) is 5. The van der Waals surface area contributed by atoms with Gasteiger partial charge < -0.3 is 9.64 Å². The van der Waals surface area contributed by atoms with Gasteiger partial charge in [0, 0.05) is 36.4 Å². The maximum atomic E-state index is 14.5. The van der Waals surface area contributed by atoms with Crippen molar-refractivity contribution in [1.82, 2.24) is 9.88 Å². The van der Waals surface area contributed by atoms with Gasteiger partial charge in [0.05, 0.1) is 11.9 Å². The number of piperidine rings is 1. The standard InChI is InChI=1S/C21H22FN3OS/c1-27-12-14-2-3-17(18(22)8-14)19-9-16-10-20(26-21(16)11-24-19)15-4-6-25(13-23)7-5-15/h2-3,8-9,11,15,20H,4-7,10,12H2,1H3. The summed E-state index contributed by atoms with van der Waals surface area (Å²) in [5.74, 6) is 1.84. The number of likely N-dealkylation sites (tertiary alicyclic amines) is 1. The number of thioether (sulfide) groups is 1. The molecule has 3 heterocycles. The van der Waals surface area contributed by atoms with E-state index in [4.69, 9.17) is 10.00 Å². The van der Waals surface area contributed by atoms with E-state index in [9.17, 15) is 4.39 Å². The molecule has 1 unspecified atom stereocenters. The lowest BCUT2D eigenvalue weighted by atomic mass is 9.89. The monoisotopic (exact) mass is 383 g/mol. The lowest BCUT2D eigenvalue weighted by Gasteiger charge is -2.31. The van der Waals surface area contributed by atoms with Crippen LogP contribution in [0.2, 0.25) is 0 Å². The second-order valence-corrected chi connectivity index (χ2v) is 8.08. The Kier molecular flexibility index (Phi) is 5.22. The summed E-state index contributed by atoms with van der Waals surface area (Å²) in [6, 6.07) is 7.35. The highest BCUT2D eigenvalue weighted by Gasteiger charge is 2.33. The van der Waals surface area contributed by atoms with Gasteiger partial charge in [-0.1, -0.05) is 6.07 Å². The second kappa shape index (κ2) is 7.77. The molecule has 2 aromatic rings. The summed E-state index contributed by atoms with van der Waals surface area (Å²) < 4.78 is 20.7. The molecule has 0 aliphatic carbocycles. The van der Waals surface area contributed by atoms with Gasteiger partial charge in [0.25, 0.3) is 0 Å². The molecule has 1 aromatic carbocycles. The molecule has 0 amide bonds. The number of nitrogens with zero attached hydrogens (tertiary/aromatic N) is 3. The summed E-state index contributed by atoms with van der Waals surface area (Å²) in [4.78, 5) is 6.25. The molecule has 0 saturated carbocycles. The molecule has 2 aliphatic rings. The smallest absolute Gasteiger partial charge is 0.179 e. The van der Waals surface area contributed by atoms with E-state index in [0.717, 1.165) is 55.0 Å². The Hall–Kier alpha value is -2.26. The third kappa shape index (κ3) is 3.74. The molecule has 1 fully saturated rings. The second-order valence-electron chi connectivity index (χ2n) is 7.21. The zero-order chi connectivity index (χ0) is 18.8. The van der Waals surface area contributed by atoms with Crippen LogP contribution < -0.4 is 4.74 Å². The van der Waals surface area contributed by atoms with Crippen molar-refractivity contribution < 1.29 is 9.13 Å². The molecule has 4 nitrogen and oxygen atoms in total. The molecule has 0 N–H and O–H groups in total. The first-order chi connectivity index (χ1) is 13.2. The Bertz CT molecular complexity index is 874. The molecule has 140 valence electrons. The van der Waals surface area contributed by atoms with Crippen LogP contribution in [0.5, 0.6) is 5.75 Å². The molecular weight excluding hydrogens is 361 g/mol. The van der Waals surface area contributed by atoms with E-state index in [1.165, 1.54) is 0 Å². The largest absolute Gasteiger partial charge is 0.488 e. The molecule has 1 atom stereocenters. The Labute approximate surface area is 163 Å². The summed E-state index contributed by atoms with van der Waals surface area (Å²) in [5, 5.41) is 9.00. The molecule has 27 heavy (non-hydrogen) atoms. The normalized spacial score (nSPS) is 19.4. The number of halogens is 1. The van der Waals surface area contributed by atoms with Gasteiger partial charge in [0.1, 0.15) is 17.7 Å². The van der Waals surface area contributed by atoms with E-state index in [1.807, 2.05) is 29.4 Å². The van der Waals surface area contributed by atoms with Gasteiger partial charge in [-0.3, -0.25) is 4.98 Å². The molecule has 1 saturated heterocycles. The minimum absolute atomic E-state index is 0.131. The minimum Gasteiger partial charge on any atom is -0.488 e. The van der Waals surface area contributed by atoms with Crippen molar-refractivity contribution in [2.75, 3.05) is 19.3 Å². The fourth-order valence-corrected chi connectivity index (χ4v) is 4.49. The van der Waals surface area contributed by atoms with Gasteiger partial charge in [-0.05, 0) is 48.8 Å². The van der Waals surface area contributed by atoms with E-state index in [0.29, 0.717) is 17.2 Å². The molecule has 0 bridgehead atoms. The molecule has 2 aliphatic heterocycles. The zero-order valence-corrected chi connectivity index (χ0v) is 16.1. The first-order valence-electron chi connectivity index (χ1n) is 9.26. The van der Waals surface area contributed by atoms with Crippen LogP contribution >= 0.6 is 11.8 Å². The minimum atomic E-state index is -0.228. The van der Waals surface area contributed by atoms with Crippen molar-refractivity contribution in [3.05, 3.63) is 47.4 Å². The lowest BCUT2D eigenvalue weighted by molar-refractivity contribution is 0.110. The number of benzene rings is 1. The summed E-state index contributed by atoms with van der Waals surface area (Å²) in [5.41, 5.74) is 3.27. The highest BCUT2D eigenvalue weighted by Crippen LogP contribution is 2.37. The third-order valence-electron chi connectivity index (χ3n) is 5.48. The molecule has 1 aromatic heterocycles. The van der Waals surface area contributed by atoms with Gasteiger partial charge in [0.2, 0.25) is 0 Å². The van der Waals surface area contributed by atoms with Crippen LogP contribution in [-0.4, -0.2) is 35.3 Å². The molecular formula is C21H22FN3OS. The topological polar surface area (TPSA) is 49.1 Å². The van der Waals surface area contributed by atoms with Gasteiger partial charge >= 0.3 is 0 Å². The first-order valence-corrected chi connectivity index (χ1v) is 10.7. The Balaban J connectivity index is 1.50. The van der Waals surface area contributed by atoms with E-state index < -0.39 is 0 Å². The number of fused-ring (bicyclic) bond motifs is 1. The third-order valence-corrected chi connectivity index (χ3v) is 6.10. The fraction of sp³-hybridized carbons (Fsp3) is 0.429. The average molecular weight is 383 g/mol. The molecule has 4 rings (SSSR count). The predicted octanol–water partition coefficient (Wildman–Crippen LogP) is 4.25. The number of rotatable bonds is 4. The SMILES string of the molecule is CSCc1ccc(-c2cc3c(cn2)OC(C2CCN(C#N)CC2)C3)c(F)c1. The van der Waals surface area contributed by atoms with Crippen molar-refractivity contribution in [2.24, 2.45) is 5.92 Å². The van der Waals surface area contributed by atoms with Crippen molar-refractivity contribution >= 4 is 11.8 Å². The fourth-order valence-electron chi connectivity index (χ4n) is 3.98. The van der Waals surface area contributed by atoms with Crippen LogP contribution in [0, 0.1) is 23.2 Å². The van der Waals surface area contributed by atoms with Crippen LogP contribution in [0.4, 0.5) is 4.39 Å². The van der Waals surface area contributed by atoms with Gasteiger partial charge in [-0.25, -0.2) is 4.39 Å². The summed E-state index contributed by atoms with van der Waals surface area (Å²) in [7, 11) is 0. The number of hydrogen-bond donors (Lipinski definition) is 0. The Morgan fingerprint density at radius 1 is 1.33 bits per heavy atom. The van der Waals surface area contributed by atoms with Crippen molar-refractivity contribution in [3.63, 3.8) is 0 Å².